The van der Waals surface area contributed by atoms with E-state index in [0.717, 1.165) is 30.6 Å². The van der Waals surface area contributed by atoms with Gasteiger partial charge in [-0.05, 0) is 61.2 Å². The van der Waals surface area contributed by atoms with E-state index in [1.807, 2.05) is 83.7 Å². The minimum Gasteiger partial charge on any atom is -0.338 e. The Morgan fingerprint density at radius 2 is 1.74 bits per heavy atom. The maximum atomic E-state index is 13.7. The molecule has 0 aliphatic carbocycles. The number of anilines is 1. The Bertz CT molecular complexity index is 1290. The molecule has 5 rings (SSSR count). The number of aryl methyl sites for hydroxylation is 1. The third-order valence-electron chi connectivity index (χ3n) is 6.53. The number of nitrogens with one attached hydrogen (secondary N) is 1. The number of para-hydroxylation sites is 1. The topological polar surface area (TPSA) is 72.2 Å². The van der Waals surface area contributed by atoms with Crippen LogP contribution < -0.4 is 5.32 Å². The zero-order valence-corrected chi connectivity index (χ0v) is 19.8. The molecule has 2 aromatic carbocycles. The molecule has 4 aromatic rings. The summed E-state index contributed by atoms with van der Waals surface area (Å²) in [5, 5.41) is 7.58. The zero-order valence-electron chi connectivity index (χ0n) is 19.8. The van der Waals surface area contributed by atoms with Crippen molar-refractivity contribution in [2.24, 2.45) is 5.92 Å². The molecular formula is C28H29N5O2. The molecule has 0 radical (unpaired) electrons. The first-order chi connectivity index (χ1) is 17.1. The maximum absolute atomic E-state index is 13.7. The van der Waals surface area contributed by atoms with E-state index in [4.69, 9.17) is 0 Å². The van der Waals surface area contributed by atoms with Gasteiger partial charge >= 0.3 is 0 Å². The highest BCUT2D eigenvalue weighted by Gasteiger charge is 2.31. The molecule has 0 saturated carbocycles. The predicted octanol–water partition coefficient (Wildman–Crippen LogP) is 4.72. The molecule has 178 valence electrons. The van der Waals surface area contributed by atoms with Crippen LogP contribution in [0.3, 0.4) is 0 Å². The summed E-state index contributed by atoms with van der Waals surface area (Å²) >= 11 is 0. The van der Waals surface area contributed by atoms with Crippen molar-refractivity contribution in [2.75, 3.05) is 18.4 Å². The molecule has 7 nitrogen and oxygen atoms in total. The van der Waals surface area contributed by atoms with E-state index in [1.54, 1.807) is 15.8 Å². The monoisotopic (exact) mass is 467 g/mol. The number of amides is 2. The Hall–Kier alpha value is -4.13. The molecule has 1 aliphatic rings. The van der Waals surface area contributed by atoms with E-state index < -0.39 is 0 Å². The Kier molecular flexibility index (Phi) is 6.48. The van der Waals surface area contributed by atoms with Crippen molar-refractivity contribution in [2.45, 2.75) is 26.2 Å². The molecule has 0 spiro atoms. The fourth-order valence-electron chi connectivity index (χ4n) is 4.59. The number of likely N-dealkylation sites (tertiary alicyclic amines) is 1. The van der Waals surface area contributed by atoms with Crippen molar-refractivity contribution in [3.8, 4) is 11.5 Å². The highest BCUT2D eigenvalue weighted by molar-refractivity contribution is 5.98. The quantitative estimate of drug-likeness (QED) is 0.446. The van der Waals surface area contributed by atoms with Crippen LogP contribution >= 0.6 is 0 Å². The number of aromatic nitrogens is 3. The van der Waals surface area contributed by atoms with E-state index in [0.29, 0.717) is 24.5 Å². The lowest BCUT2D eigenvalue weighted by atomic mass is 9.96. The molecule has 0 bridgehead atoms. The van der Waals surface area contributed by atoms with Crippen LogP contribution in [-0.2, 0) is 11.2 Å². The molecule has 1 aliphatic heterocycles. The summed E-state index contributed by atoms with van der Waals surface area (Å²) in [6, 6.07) is 21.5. The first kappa shape index (κ1) is 22.7. The van der Waals surface area contributed by atoms with Crippen molar-refractivity contribution in [3.05, 3.63) is 96.4 Å². The molecule has 3 heterocycles. The minimum atomic E-state index is -0.252. The van der Waals surface area contributed by atoms with Crippen LogP contribution in [0.25, 0.3) is 11.5 Å². The van der Waals surface area contributed by atoms with Crippen LogP contribution in [0.15, 0.2) is 85.3 Å². The summed E-state index contributed by atoms with van der Waals surface area (Å²) < 4.78 is 3.68. The van der Waals surface area contributed by atoms with Gasteiger partial charge in [-0.2, -0.15) is 5.10 Å². The third kappa shape index (κ3) is 4.75. The number of carbonyl (C=O) groups excluding carboxylic acids is 2. The average molecular weight is 468 g/mol. The Labute approximate surface area is 205 Å². The lowest BCUT2D eigenvalue weighted by Crippen LogP contribution is -2.44. The Balaban J connectivity index is 1.36. The first-order valence-corrected chi connectivity index (χ1v) is 12.1. The van der Waals surface area contributed by atoms with Gasteiger partial charge in [0.2, 0.25) is 5.91 Å². The van der Waals surface area contributed by atoms with Gasteiger partial charge in [0.1, 0.15) is 5.56 Å². The highest BCUT2D eigenvalue weighted by atomic mass is 16.2. The van der Waals surface area contributed by atoms with E-state index in [9.17, 15) is 9.59 Å². The number of benzene rings is 2. The molecule has 1 saturated heterocycles. The van der Waals surface area contributed by atoms with Gasteiger partial charge in [-0.25, -0.2) is 4.68 Å². The SMILES string of the molecule is CCc1ccc(NC(=O)[C@H]2CCCN(C(=O)c3cnn(-c4ccccc4)c3-n3cccc3)C2)cc1. The molecule has 1 N–H and O–H groups in total. The van der Waals surface area contributed by atoms with Crippen molar-refractivity contribution in [1.29, 1.82) is 0 Å². The van der Waals surface area contributed by atoms with Crippen molar-refractivity contribution in [3.63, 3.8) is 0 Å². The number of hydrogen-bond acceptors (Lipinski definition) is 3. The Morgan fingerprint density at radius 3 is 2.46 bits per heavy atom. The second-order valence-electron chi connectivity index (χ2n) is 8.85. The summed E-state index contributed by atoms with van der Waals surface area (Å²) in [6.07, 6.45) is 7.94. The number of nitrogens with zero attached hydrogens (tertiary/aromatic N) is 4. The summed E-state index contributed by atoms with van der Waals surface area (Å²) in [4.78, 5) is 28.5. The number of rotatable bonds is 6. The highest BCUT2D eigenvalue weighted by Crippen LogP contribution is 2.25. The van der Waals surface area contributed by atoms with E-state index in [1.165, 1.54) is 5.56 Å². The molecule has 1 fully saturated rings. The first-order valence-electron chi connectivity index (χ1n) is 12.1. The summed E-state index contributed by atoms with van der Waals surface area (Å²) in [7, 11) is 0. The van der Waals surface area contributed by atoms with Crippen molar-refractivity contribution >= 4 is 17.5 Å². The van der Waals surface area contributed by atoms with Crippen LogP contribution in [0, 0.1) is 5.92 Å². The lowest BCUT2D eigenvalue weighted by Gasteiger charge is -2.32. The second kappa shape index (κ2) is 10.0. The van der Waals surface area contributed by atoms with Crippen LogP contribution in [0.1, 0.15) is 35.7 Å². The number of piperidine rings is 1. The van der Waals surface area contributed by atoms with Crippen LogP contribution in [0.2, 0.25) is 0 Å². The van der Waals surface area contributed by atoms with Crippen molar-refractivity contribution < 1.29 is 9.59 Å². The van der Waals surface area contributed by atoms with E-state index in [2.05, 4.69) is 17.3 Å². The summed E-state index contributed by atoms with van der Waals surface area (Å²) in [5.74, 6) is 0.282. The normalized spacial score (nSPS) is 15.7. The number of carbonyl (C=O) groups is 2. The van der Waals surface area contributed by atoms with E-state index >= 15 is 0 Å². The molecule has 0 unspecified atom stereocenters. The van der Waals surface area contributed by atoms with Crippen LogP contribution in [-0.4, -0.2) is 44.2 Å². The van der Waals surface area contributed by atoms with Gasteiger partial charge in [-0.3, -0.25) is 9.59 Å². The van der Waals surface area contributed by atoms with Crippen LogP contribution in [0.5, 0.6) is 0 Å². The van der Waals surface area contributed by atoms with Gasteiger partial charge < -0.3 is 14.8 Å². The average Bonchev–Trinajstić information content (AvgIpc) is 3.59. The van der Waals surface area contributed by atoms with Crippen molar-refractivity contribution in [1.82, 2.24) is 19.2 Å². The standard InChI is InChI=1S/C28H29N5O2/c1-2-21-12-14-23(15-13-21)30-26(34)22-9-8-18-32(20-22)28(35)25-19-29-33(24-10-4-3-5-11-24)27(25)31-16-6-7-17-31/h3-7,10-17,19,22H,2,8-9,18,20H2,1H3,(H,30,34)/t22-/m0/s1. The predicted molar refractivity (Wildman–Crippen MR) is 136 cm³/mol. The molecule has 7 heteroatoms. The van der Waals surface area contributed by atoms with Gasteiger partial charge in [0.25, 0.3) is 5.91 Å². The fourth-order valence-corrected chi connectivity index (χ4v) is 4.59. The van der Waals surface area contributed by atoms with Gasteiger partial charge in [-0.1, -0.05) is 37.3 Å². The number of hydrogen-bond donors (Lipinski definition) is 1. The van der Waals surface area contributed by atoms with Gasteiger partial charge in [0, 0.05) is 31.2 Å². The van der Waals surface area contributed by atoms with Gasteiger partial charge in [-0.15, -0.1) is 0 Å². The second-order valence-corrected chi connectivity index (χ2v) is 8.85. The Morgan fingerprint density at radius 1 is 1.00 bits per heavy atom. The van der Waals surface area contributed by atoms with E-state index in [-0.39, 0.29) is 17.7 Å². The largest absolute Gasteiger partial charge is 0.338 e. The smallest absolute Gasteiger partial charge is 0.259 e. The molecule has 2 amide bonds. The zero-order chi connectivity index (χ0) is 24.2. The molecule has 2 aromatic heterocycles. The van der Waals surface area contributed by atoms with Crippen LogP contribution in [0.4, 0.5) is 5.69 Å². The maximum Gasteiger partial charge on any atom is 0.259 e. The fraction of sp³-hybridized carbons (Fsp3) is 0.250. The lowest BCUT2D eigenvalue weighted by molar-refractivity contribution is -0.121. The molecular weight excluding hydrogens is 438 g/mol. The summed E-state index contributed by atoms with van der Waals surface area (Å²) in [5.41, 5.74) is 3.41. The van der Waals surface area contributed by atoms with Gasteiger partial charge in [0.05, 0.1) is 17.8 Å². The molecule has 35 heavy (non-hydrogen) atoms. The van der Waals surface area contributed by atoms with Gasteiger partial charge in [0.15, 0.2) is 5.82 Å². The summed E-state index contributed by atoms with van der Waals surface area (Å²) in [6.45, 7) is 3.11. The third-order valence-corrected chi connectivity index (χ3v) is 6.53. The molecule has 1 atom stereocenters. The minimum absolute atomic E-state index is 0.0441.